The van der Waals surface area contributed by atoms with Crippen LogP contribution >= 0.6 is 15.9 Å². The molecule has 0 aromatic heterocycles. The van der Waals surface area contributed by atoms with Crippen LogP contribution in [0.4, 0.5) is 5.69 Å². The van der Waals surface area contributed by atoms with Gasteiger partial charge in [-0.05, 0) is 53.9 Å². The van der Waals surface area contributed by atoms with Crippen molar-refractivity contribution < 1.29 is 13.2 Å². The molecule has 7 heteroatoms. The molecule has 1 aromatic rings. The van der Waals surface area contributed by atoms with Gasteiger partial charge in [-0.15, -0.1) is 0 Å². The fourth-order valence-corrected chi connectivity index (χ4v) is 3.74. The number of nitrogen functional groups attached to an aromatic ring is 1. The highest BCUT2D eigenvalue weighted by Crippen LogP contribution is 2.26. The predicted octanol–water partition coefficient (Wildman–Crippen LogP) is 1.88. The molecule has 5 nitrogen and oxygen atoms in total. The van der Waals surface area contributed by atoms with Crippen molar-refractivity contribution in [2.45, 2.75) is 30.2 Å². The quantitative estimate of drug-likeness (QED) is 0.817. The molecule has 1 aliphatic heterocycles. The first kappa shape index (κ1) is 14.8. The van der Waals surface area contributed by atoms with Crippen LogP contribution < -0.4 is 10.5 Å². The van der Waals surface area contributed by atoms with Crippen LogP contribution in [0.1, 0.15) is 19.8 Å². The number of rotatable bonds is 3. The number of benzene rings is 1. The predicted molar refractivity (Wildman–Crippen MR) is 77.3 cm³/mol. The molecule has 19 heavy (non-hydrogen) atoms. The monoisotopic (exact) mass is 348 g/mol. The smallest absolute Gasteiger partial charge is 0.241 e. The maximum absolute atomic E-state index is 12.3. The fourth-order valence-electron chi connectivity index (χ4n) is 2.00. The Bertz CT molecular complexity index is 568. The molecule has 1 aromatic carbocycles. The number of hydrogen-bond acceptors (Lipinski definition) is 4. The lowest BCUT2D eigenvalue weighted by molar-refractivity contribution is 0.0537. The third-order valence-corrected chi connectivity index (χ3v) is 5.61. The van der Waals surface area contributed by atoms with Gasteiger partial charge >= 0.3 is 0 Å². The maximum Gasteiger partial charge on any atom is 0.241 e. The van der Waals surface area contributed by atoms with Crippen LogP contribution in [0.25, 0.3) is 0 Å². The van der Waals surface area contributed by atoms with E-state index in [2.05, 4.69) is 20.7 Å². The summed E-state index contributed by atoms with van der Waals surface area (Å²) < 4.78 is 33.4. The average Bonchev–Trinajstić information content (AvgIpc) is 2.32. The Kier molecular flexibility index (Phi) is 4.20. The van der Waals surface area contributed by atoms with Crippen molar-refractivity contribution in [1.29, 1.82) is 0 Å². The Morgan fingerprint density at radius 2 is 2.00 bits per heavy atom. The largest absolute Gasteiger partial charge is 0.398 e. The number of sulfonamides is 1. The zero-order valence-electron chi connectivity index (χ0n) is 10.6. The minimum atomic E-state index is -3.56. The second-order valence-corrected chi connectivity index (χ2v) is 7.50. The molecule has 1 heterocycles. The van der Waals surface area contributed by atoms with Gasteiger partial charge in [0.05, 0.1) is 4.90 Å². The Morgan fingerprint density at radius 1 is 1.37 bits per heavy atom. The van der Waals surface area contributed by atoms with Crippen LogP contribution in [-0.2, 0) is 14.8 Å². The van der Waals surface area contributed by atoms with E-state index in [9.17, 15) is 8.42 Å². The van der Waals surface area contributed by atoms with Crippen molar-refractivity contribution in [3.8, 4) is 0 Å². The number of anilines is 1. The third kappa shape index (κ3) is 3.47. The van der Waals surface area contributed by atoms with Gasteiger partial charge in [0.15, 0.2) is 0 Å². The first-order chi connectivity index (χ1) is 8.82. The number of nitrogens with one attached hydrogen (secondary N) is 1. The van der Waals surface area contributed by atoms with Gasteiger partial charge in [0.25, 0.3) is 0 Å². The van der Waals surface area contributed by atoms with E-state index in [4.69, 9.17) is 10.5 Å². The summed E-state index contributed by atoms with van der Waals surface area (Å²) in [6, 6.07) is 4.62. The molecular formula is C12H17BrN2O3S. The highest BCUT2D eigenvalue weighted by Gasteiger charge is 2.32. The lowest BCUT2D eigenvalue weighted by Gasteiger charge is -2.34. The van der Waals surface area contributed by atoms with E-state index in [1.54, 1.807) is 6.07 Å². The molecule has 3 N–H and O–H groups in total. The molecular weight excluding hydrogens is 332 g/mol. The minimum Gasteiger partial charge on any atom is -0.398 e. The number of nitrogens with two attached hydrogens (primary N) is 1. The Hall–Kier alpha value is -0.630. The molecule has 1 saturated heterocycles. The van der Waals surface area contributed by atoms with Crippen molar-refractivity contribution >= 4 is 31.6 Å². The van der Waals surface area contributed by atoms with Crippen molar-refractivity contribution in [2.75, 3.05) is 18.9 Å². The van der Waals surface area contributed by atoms with Gasteiger partial charge in [-0.3, -0.25) is 0 Å². The standard InChI is InChI=1S/C12H17BrN2O3S/c1-12(4-6-18-7-5-12)15-19(16,17)9-2-3-10(13)11(14)8-9/h2-3,8,15H,4-7,14H2,1H3. The topological polar surface area (TPSA) is 81.4 Å². The lowest BCUT2D eigenvalue weighted by Crippen LogP contribution is -2.49. The second-order valence-electron chi connectivity index (χ2n) is 4.96. The average molecular weight is 349 g/mol. The lowest BCUT2D eigenvalue weighted by atomic mass is 9.94. The van der Waals surface area contributed by atoms with Crippen molar-refractivity contribution in [3.63, 3.8) is 0 Å². The van der Waals surface area contributed by atoms with E-state index in [0.717, 1.165) is 0 Å². The van der Waals surface area contributed by atoms with E-state index in [1.165, 1.54) is 12.1 Å². The number of halogens is 1. The first-order valence-electron chi connectivity index (χ1n) is 5.99. The van der Waals surface area contributed by atoms with Crippen LogP contribution in [0, 0.1) is 0 Å². The van der Waals surface area contributed by atoms with Crippen LogP contribution in [0.2, 0.25) is 0 Å². The summed E-state index contributed by atoms with van der Waals surface area (Å²) in [4.78, 5) is 0.181. The Balaban J connectivity index is 2.24. The van der Waals surface area contributed by atoms with Gasteiger partial charge in [0, 0.05) is 28.9 Å². The summed E-state index contributed by atoms with van der Waals surface area (Å²) in [5.41, 5.74) is 5.67. The molecule has 0 unspecified atom stereocenters. The number of hydrogen-bond donors (Lipinski definition) is 2. The second kappa shape index (κ2) is 5.40. The summed E-state index contributed by atoms with van der Waals surface area (Å²) in [6.07, 6.45) is 1.33. The zero-order valence-corrected chi connectivity index (χ0v) is 13.1. The molecule has 2 rings (SSSR count). The van der Waals surface area contributed by atoms with Crippen LogP contribution in [0.3, 0.4) is 0 Å². The summed E-state index contributed by atoms with van der Waals surface area (Å²) in [7, 11) is -3.56. The highest BCUT2D eigenvalue weighted by atomic mass is 79.9. The van der Waals surface area contributed by atoms with Crippen molar-refractivity contribution in [1.82, 2.24) is 4.72 Å². The summed E-state index contributed by atoms with van der Waals surface area (Å²) in [5, 5.41) is 0. The molecule has 1 aliphatic rings. The summed E-state index contributed by atoms with van der Waals surface area (Å²) >= 11 is 3.25. The molecule has 0 aliphatic carbocycles. The van der Waals surface area contributed by atoms with E-state index in [1.807, 2.05) is 6.92 Å². The highest BCUT2D eigenvalue weighted by molar-refractivity contribution is 9.10. The van der Waals surface area contributed by atoms with Crippen molar-refractivity contribution in [2.24, 2.45) is 0 Å². The molecule has 0 saturated carbocycles. The van der Waals surface area contributed by atoms with Gasteiger partial charge in [-0.25, -0.2) is 13.1 Å². The van der Waals surface area contributed by atoms with E-state index < -0.39 is 15.6 Å². The Labute approximate surface area is 121 Å². The Morgan fingerprint density at radius 3 is 2.58 bits per heavy atom. The first-order valence-corrected chi connectivity index (χ1v) is 8.27. The van der Waals surface area contributed by atoms with Crippen LogP contribution in [0.5, 0.6) is 0 Å². The number of ether oxygens (including phenoxy) is 1. The van der Waals surface area contributed by atoms with Crippen LogP contribution in [-0.4, -0.2) is 27.2 Å². The van der Waals surface area contributed by atoms with Gasteiger partial charge in [-0.1, -0.05) is 0 Å². The molecule has 0 spiro atoms. The fraction of sp³-hybridized carbons (Fsp3) is 0.500. The summed E-state index contributed by atoms with van der Waals surface area (Å²) in [6.45, 7) is 3.04. The van der Waals surface area contributed by atoms with Gasteiger partial charge in [-0.2, -0.15) is 0 Å². The summed E-state index contributed by atoms with van der Waals surface area (Å²) in [5.74, 6) is 0. The van der Waals surface area contributed by atoms with Gasteiger partial charge in [0.2, 0.25) is 10.0 Å². The normalized spacial score (nSPS) is 19.3. The molecule has 0 bridgehead atoms. The molecule has 1 fully saturated rings. The van der Waals surface area contributed by atoms with Crippen molar-refractivity contribution in [3.05, 3.63) is 22.7 Å². The van der Waals surface area contributed by atoms with E-state index in [-0.39, 0.29) is 4.90 Å². The molecule has 106 valence electrons. The van der Waals surface area contributed by atoms with E-state index in [0.29, 0.717) is 36.2 Å². The van der Waals surface area contributed by atoms with Gasteiger partial charge < -0.3 is 10.5 Å². The molecule has 0 atom stereocenters. The van der Waals surface area contributed by atoms with Crippen LogP contribution in [0.15, 0.2) is 27.6 Å². The molecule has 0 amide bonds. The third-order valence-electron chi connectivity index (χ3n) is 3.25. The zero-order chi connectivity index (χ0) is 14.1. The minimum absolute atomic E-state index is 0.181. The molecule has 0 radical (unpaired) electrons. The SMILES string of the molecule is CC1(NS(=O)(=O)c2ccc(Br)c(N)c2)CCOCC1. The van der Waals surface area contributed by atoms with Gasteiger partial charge in [0.1, 0.15) is 0 Å². The maximum atomic E-state index is 12.3. The van der Waals surface area contributed by atoms with E-state index >= 15 is 0 Å².